The lowest BCUT2D eigenvalue weighted by Crippen LogP contribution is -2.41. The van der Waals surface area contributed by atoms with Crippen molar-refractivity contribution < 1.29 is 14.3 Å². The number of carbonyl (C=O) groups is 2. The molecule has 0 atom stereocenters. The molecule has 1 aliphatic rings. The molecule has 0 aliphatic carbocycles. The molecule has 35 heavy (non-hydrogen) atoms. The molecular weight excluding hydrogens is 450 g/mol. The van der Waals surface area contributed by atoms with E-state index >= 15 is 0 Å². The molecule has 182 valence electrons. The van der Waals surface area contributed by atoms with Crippen LogP contribution in [0.5, 0.6) is 0 Å². The summed E-state index contributed by atoms with van der Waals surface area (Å²) in [6.45, 7) is 6.59. The van der Waals surface area contributed by atoms with Crippen molar-refractivity contribution in [2.45, 2.75) is 45.1 Å². The largest absolute Gasteiger partial charge is 0.444 e. The number of aromatic amines is 2. The Morgan fingerprint density at radius 1 is 1.17 bits per heavy atom. The van der Waals surface area contributed by atoms with E-state index in [1.807, 2.05) is 26.8 Å². The first-order valence-corrected chi connectivity index (χ1v) is 11.5. The summed E-state index contributed by atoms with van der Waals surface area (Å²) in [6, 6.07) is 8.54. The topological polar surface area (TPSA) is 137 Å². The Kier molecular flexibility index (Phi) is 5.54. The monoisotopic (exact) mass is 477 g/mol. The average Bonchev–Trinajstić information content (AvgIpc) is 3.46. The van der Waals surface area contributed by atoms with Crippen LogP contribution >= 0.6 is 0 Å². The van der Waals surface area contributed by atoms with Gasteiger partial charge in [0.2, 0.25) is 0 Å². The SMILES string of the molecule is CC(C)(C)OC(=O)N1CCC(c2cc(=O)[nH]c3c4c(NC(=O)c5cc[nH]n5)cccc4nn23)CC1. The number of H-pyrrole nitrogens is 2. The predicted octanol–water partition coefficient (Wildman–Crippen LogP) is 3.27. The van der Waals surface area contributed by atoms with Crippen LogP contribution in [-0.2, 0) is 4.74 Å². The van der Waals surface area contributed by atoms with E-state index in [2.05, 4.69) is 20.5 Å². The van der Waals surface area contributed by atoms with E-state index in [0.29, 0.717) is 48.2 Å². The third-order valence-corrected chi connectivity index (χ3v) is 6.01. The highest BCUT2D eigenvalue weighted by molar-refractivity contribution is 6.11. The van der Waals surface area contributed by atoms with E-state index in [9.17, 15) is 14.4 Å². The van der Waals surface area contributed by atoms with Gasteiger partial charge in [-0.05, 0) is 51.8 Å². The molecule has 3 aromatic heterocycles. The first-order chi connectivity index (χ1) is 16.7. The Balaban J connectivity index is 1.46. The quantitative estimate of drug-likeness (QED) is 0.414. The van der Waals surface area contributed by atoms with Crippen LogP contribution in [-0.4, -0.2) is 60.4 Å². The van der Waals surface area contributed by atoms with Crippen LogP contribution in [0.25, 0.3) is 16.6 Å². The number of rotatable bonds is 3. The number of amides is 2. The van der Waals surface area contributed by atoms with E-state index < -0.39 is 5.60 Å². The highest BCUT2D eigenvalue weighted by Crippen LogP contribution is 2.32. The number of nitrogens with zero attached hydrogens (tertiary/aromatic N) is 4. The van der Waals surface area contributed by atoms with Gasteiger partial charge in [0.1, 0.15) is 16.9 Å². The molecule has 3 N–H and O–H groups in total. The van der Waals surface area contributed by atoms with Crippen molar-refractivity contribution in [1.29, 1.82) is 0 Å². The van der Waals surface area contributed by atoms with Gasteiger partial charge in [0.05, 0.1) is 22.3 Å². The second-order valence-corrected chi connectivity index (χ2v) is 9.67. The number of aromatic nitrogens is 5. The Bertz CT molecular complexity index is 1460. The van der Waals surface area contributed by atoms with Crippen molar-refractivity contribution in [1.82, 2.24) is 29.7 Å². The summed E-state index contributed by atoms with van der Waals surface area (Å²) in [5, 5.41) is 14.8. The molecule has 1 aromatic carbocycles. The summed E-state index contributed by atoms with van der Waals surface area (Å²) < 4.78 is 7.23. The molecule has 5 rings (SSSR count). The lowest BCUT2D eigenvalue weighted by atomic mass is 9.93. The number of anilines is 1. The molecule has 0 unspecified atom stereocenters. The van der Waals surface area contributed by atoms with Crippen LogP contribution < -0.4 is 10.9 Å². The number of piperidine rings is 1. The van der Waals surface area contributed by atoms with Crippen LogP contribution in [0.15, 0.2) is 41.3 Å². The number of hydrogen-bond acceptors (Lipinski definition) is 6. The van der Waals surface area contributed by atoms with Crippen molar-refractivity contribution in [2.24, 2.45) is 0 Å². The minimum Gasteiger partial charge on any atom is -0.444 e. The highest BCUT2D eigenvalue weighted by Gasteiger charge is 2.29. The number of carbonyl (C=O) groups excluding carboxylic acids is 2. The minimum atomic E-state index is -0.549. The number of benzene rings is 1. The van der Waals surface area contributed by atoms with E-state index in [1.54, 1.807) is 39.9 Å². The lowest BCUT2D eigenvalue weighted by Gasteiger charge is -2.33. The summed E-state index contributed by atoms with van der Waals surface area (Å²) in [4.78, 5) is 42.3. The molecule has 0 saturated carbocycles. The Labute approximate surface area is 200 Å². The molecule has 1 aliphatic heterocycles. The molecule has 1 fully saturated rings. The van der Waals surface area contributed by atoms with Gasteiger partial charge in [-0.1, -0.05) is 6.07 Å². The normalized spacial score (nSPS) is 15.0. The van der Waals surface area contributed by atoms with Gasteiger partial charge in [0, 0.05) is 31.3 Å². The fraction of sp³-hybridized carbons (Fsp3) is 0.375. The zero-order valence-electron chi connectivity index (χ0n) is 19.8. The minimum absolute atomic E-state index is 0.0369. The van der Waals surface area contributed by atoms with Gasteiger partial charge in [-0.15, -0.1) is 0 Å². The van der Waals surface area contributed by atoms with Gasteiger partial charge in [0.15, 0.2) is 0 Å². The lowest BCUT2D eigenvalue weighted by molar-refractivity contribution is 0.0203. The summed E-state index contributed by atoms with van der Waals surface area (Å²) >= 11 is 0. The third kappa shape index (κ3) is 4.48. The van der Waals surface area contributed by atoms with Crippen LogP contribution in [0.4, 0.5) is 10.5 Å². The van der Waals surface area contributed by atoms with Crippen molar-refractivity contribution in [3.63, 3.8) is 0 Å². The van der Waals surface area contributed by atoms with Crippen LogP contribution in [0, 0.1) is 0 Å². The number of nitrogens with one attached hydrogen (secondary N) is 3. The molecule has 4 heterocycles. The molecule has 4 aromatic rings. The smallest absolute Gasteiger partial charge is 0.410 e. The van der Waals surface area contributed by atoms with Gasteiger partial charge in [-0.2, -0.15) is 10.2 Å². The van der Waals surface area contributed by atoms with Crippen LogP contribution in [0.3, 0.4) is 0 Å². The van der Waals surface area contributed by atoms with Gasteiger partial charge < -0.3 is 19.9 Å². The van der Waals surface area contributed by atoms with E-state index in [4.69, 9.17) is 9.84 Å². The summed E-state index contributed by atoms with van der Waals surface area (Å²) in [6.07, 6.45) is 2.60. The molecule has 0 spiro atoms. The first-order valence-electron chi connectivity index (χ1n) is 11.5. The van der Waals surface area contributed by atoms with Crippen molar-refractivity contribution >= 4 is 34.2 Å². The van der Waals surface area contributed by atoms with Crippen LogP contribution in [0.2, 0.25) is 0 Å². The number of likely N-dealkylation sites (tertiary alicyclic amines) is 1. The predicted molar refractivity (Wildman–Crippen MR) is 130 cm³/mol. The summed E-state index contributed by atoms with van der Waals surface area (Å²) in [7, 11) is 0. The van der Waals surface area contributed by atoms with Gasteiger partial charge in [-0.3, -0.25) is 14.7 Å². The standard InChI is InChI=1S/C24H27N7O4/c1-24(2,3)35-23(34)30-11-8-14(9-12-30)18-13-19(32)27-21-20-15(5-4-6-16(20)29-31(18)21)26-22(33)17-7-10-25-28-17/h4-7,10,13-14H,8-9,11-12H2,1-3H3,(H,25,28)(H,26,33)(H,27,32). The maximum Gasteiger partial charge on any atom is 0.410 e. The first kappa shape index (κ1) is 22.6. The van der Waals surface area contributed by atoms with E-state index in [1.165, 1.54) is 0 Å². The molecule has 2 amide bonds. The molecule has 11 heteroatoms. The number of ether oxygens (including phenoxy) is 1. The van der Waals surface area contributed by atoms with Gasteiger partial charge >= 0.3 is 6.09 Å². The van der Waals surface area contributed by atoms with E-state index in [0.717, 1.165) is 5.69 Å². The summed E-state index contributed by atoms with van der Waals surface area (Å²) in [5.41, 5.74) is 1.90. The second kappa shape index (κ2) is 8.57. The highest BCUT2D eigenvalue weighted by atomic mass is 16.6. The molecule has 0 bridgehead atoms. The fourth-order valence-electron chi connectivity index (χ4n) is 4.44. The zero-order chi connectivity index (χ0) is 24.7. The van der Waals surface area contributed by atoms with E-state index in [-0.39, 0.29) is 29.2 Å². The maximum atomic E-state index is 12.7. The third-order valence-electron chi connectivity index (χ3n) is 6.01. The number of fused-ring (bicyclic) bond motifs is 3. The Hall–Kier alpha value is -4.15. The van der Waals surface area contributed by atoms with Crippen molar-refractivity contribution in [3.8, 4) is 0 Å². The molecule has 1 saturated heterocycles. The summed E-state index contributed by atoms with van der Waals surface area (Å²) in [5.74, 6) is -0.332. The Morgan fingerprint density at radius 2 is 1.94 bits per heavy atom. The van der Waals surface area contributed by atoms with Crippen molar-refractivity contribution in [3.05, 3.63) is 58.3 Å². The number of hydrogen-bond donors (Lipinski definition) is 3. The van der Waals surface area contributed by atoms with Gasteiger partial charge in [0.25, 0.3) is 11.5 Å². The van der Waals surface area contributed by atoms with Gasteiger partial charge in [-0.25, -0.2) is 9.31 Å². The fourth-order valence-corrected chi connectivity index (χ4v) is 4.44. The molecular formula is C24H27N7O4. The van der Waals surface area contributed by atoms with Crippen molar-refractivity contribution in [2.75, 3.05) is 18.4 Å². The molecule has 11 nitrogen and oxygen atoms in total. The Morgan fingerprint density at radius 3 is 2.63 bits per heavy atom. The maximum absolute atomic E-state index is 12.7. The zero-order valence-corrected chi connectivity index (χ0v) is 19.8. The molecule has 0 radical (unpaired) electrons. The average molecular weight is 478 g/mol. The van der Waals surface area contributed by atoms with Crippen LogP contribution in [0.1, 0.15) is 55.7 Å². The second-order valence-electron chi connectivity index (χ2n) is 9.67.